The summed E-state index contributed by atoms with van der Waals surface area (Å²) in [4.78, 5) is 10.3. The largest absolute Gasteiger partial charge is 0.497 e. The maximum Gasteiger partial charge on any atom is 0.404 e. The van der Waals surface area contributed by atoms with E-state index in [4.69, 9.17) is 9.84 Å². The molecule has 4 heteroatoms. The highest BCUT2D eigenvalue weighted by atomic mass is 16.5. The minimum absolute atomic E-state index is 0.325. The van der Waals surface area contributed by atoms with Crippen LogP contribution in [0.3, 0.4) is 0 Å². The first kappa shape index (κ1) is 10.4. The van der Waals surface area contributed by atoms with Crippen molar-refractivity contribution < 1.29 is 14.6 Å². The van der Waals surface area contributed by atoms with Crippen LogP contribution >= 0.6 is 0 Å². The average Bonchev–Trinajstić information content (AvgIpc) is 2.15. The van der Waals surface area contributed by atoms with Gasteiger partial charge in [-0.05, 0) is 30.2 Å². The van der Waals surface area contributed by atoms with Crippen molar-refractivity contribution in [2.45, 2.75) is 13.5 Å². The van der Waals surface area contributed by atoms with Crippen LogP contribution in [0.2, 0.25) is 0 Å². The van der Waals surface area contributed by atoms with Gasteiger partial charge in [0.05, 0.1) is 7.11 Å². The van der Waals surface area contributed by atoms with Crippen LogP contribution in [0.5, 0.6) is 5.75 Å². The predicted molar refractivity (Wildman–Crippen MR) is 52.6 cm³/mol. The molecule has 0 aliphatic heterocycles. The molecule has 0 saturated heterocycles. The highest BCUT2D eigenvalue weighted by Crippen LogP contribution is 2.16. The van der Waals surface area contributed by atoms with Crippen molar-refractivity contribution in [2.24, 2.45) is 0 Å². The Bertz CT molecular complexity index is 336. The van der Waals surface area contributed by atoms with Gasteiger partial charge < -0.3 is 15.2 Å². The number of carboxylic acid groups (broad SMARTS) is 1. The monoisotopic (exact) mass is 195 g/mol. The Labute approximate surface area is 82.5 Å². The summed E-state index contributed by atoms with van der Waals surface area (Å²) in [5, 5.41) is 10.7. The van der Waals surface area contributed by atoms with Gasteiger partial charge in [0.15, 0.2) is 0 Å². The van der Waals surface area contributed by atoms with E-state index in [0.717, 1.165) is 16.9 Å². The SMILES string of the molecule is COc1ccc(CNC(=O)O)c(C)c1. The number of rotatable bonds is 3. The van der Waals surface area contributed by atoms with Gasteiger partial charge in [-0.25, -0.2) is 4.79 Å². The van der Waals surface area contributed by atoms with Crippen molar-refractivity contribution in [3.8, 4) is 5.75 Å². The molecule has 0 heterocycles. The molecule has 0 radical (unpaired) electrons. The van der Waals surface area contributed by atoms with Crippen molar-refractivity contribution in [3.63, 3.8) is 0 Å². The summed E-state index contributed by atoms with van der Waals surface area (Å²) >= 11 is 0. The minimum Gasteiger partial charge on any atom is -0.497 e. The highest BCUT2D eigenvalue weighted by molar-refractivity contribution is 5.64. The van der Waals surface area contributed by atoms with Gasteiger partial charge in [-0.15, -0.1) is 0 Å². The Kier molecular flexibility index (Phi) is 3.34. The van der Waals surface area contributed by atoms with Crippen LogP contribution in [-0.2, 0) is 6.54 Å². The zero-order valence-corrected chi connectivity index (χ0v) is 8.20. The fourth-order valence-corrected chi connectivity index (χ4v) is 1.16. The van der Waals surface area contributed by atoms with Gasteiger partial charge in [0.25, 0.3) is 0 Å². The fourth-order valence-electron chi connectivity index (χ4n) is 1.16. The van der Waals surface area contributed by atoms with Gasteiger partial charge in [0.2, 0.25) is 0 Å². The van der Waals surface area contributed by atoms with Crippen LogP contribution in [0, 0.1) is 6.92 Å². The lowest BCUT2D eigenvalue weighted by Crippen LogP contribution is -2.20. The van der Waals surface area contributed by atoms with Crippen LogP contribution < -0.4 is 10.1 Å². The lowest BCUT2D eigenvalue weighted by atomic mass is 10.1. The minimum atomic E-state index is -1.01. The topological polar surface area (TPSA) is 58.6 Å². The number of nitrogens with one attached hydrogen (secondary N) is 1. The predicted octanol–water partition coefficient (Wildman–Crippen LogP) is 1.77. The number of hydrogen-bond donors (Lipinski definition) is 2. The molecule has 0 unspecified atom stereocenters. The smallest absolute Gasteiger partial charge is 0.404 e. The Morgan fingerprint density at radius 3 is 2.79 bits per heavy atom. The number of hydrogen-bond acceptors (Lipinski definition) is 2. The second-order valence-electron chi connectivity index (χ2n) is 2.95. The number of ether oxygens (including phenoxy) is 1. The maximum absolute atomic E-state index is 10.3. The molecule has 1 rings (SSSR count). The van der Waals surface area contributed by atoms with Crippen molar-refractivity contribution >= 4 is 6.09 Å². The van der Waals surface area contributed by atoms with E-state index in [1.165, 1.54) is 0 Å². The van der Waals surface area contributed by atoms with Crippen LogP contribution in [0.1, 0.15) is 11.1 Å². The van der Waals surface area contributed by atoms with Crippen molar-refractivity contribution in [1.82, 2.24) is 5.32 Å². The molecule has 0 aliphatic carbocycles. The summed E-state index contributed by atoms with van der Waals surface area (Å²) in [5.74, 6) is 0.779. The van der Waals surface area contributed by atoms with E-state index in [0.29, 0.717) is 6.54 Å². The summed E-state index contributed by atoms with van der Waals surface area (Å²) in [6.45, 7) is 2.24. The third kappa shape index (κ3) is 2.65. The quantitative estimate of drug-likeness (QED) is 0.772. The number of amides is 1. The molecule has 0 spiro atoms. The van der Waals surface area contributed by atoms with E-state index >= 15 is 0 Å². The third-order valence-electron chi connectivity index (χ3n) is 1.98. The first-order valence-electron chi connectivity index (χ1n) is 4.24. The van der Waals surface area contributed by atoms with E-state index in [1.807, 2.05) is 25.1 Å². The number of aryl methyl sites for hydroxylation is 1. The van der Waals surface area contributed by atoms with E-state index in [9.17, 15) is 4.79 Å². The normalized spacial score (nSPS) is 9.57. The Balaban J connectivity index is 2.73. The van der Waals surface area contributed by atoms with E-state index in [-0.39, 0.29) is 0 Å². The first-order valence-corrected chi connectivity index (χ1v) is 4.24. The van der Waals surface area contributed by atoms with Crippen molar-refractivity contribution in [3.05, 3.63) is 29.3 Å². The molecule has 1 amide bonds. The van der Waals surface area contributed by atoms with Crippen LogP contribution in [-0.4, -0.2) is 18.3 Å². The fraction of sp³-hybridized carbons (Fsp3) is 0.300. The lowest BCUT2D eigenvalue weighted by Gasteiger charge is -2.07. The second kappa shape index (κ2) is 4.50. The lowest BCUT2D eigenvalue weighted by molar-refractivity contribution is 0.194. The zero-order chi connectivity index (χ0) is 10.6. The summed E-state index contributed by atoms with van der Waals surface area (Å²) in [7, 11) is 1.60. The van der Waals surface area contributed by atoms with Crippen molar-refractivity contribution in [2.75, 3.05) is 7.11 Å². The Morgan fingerprint density at radius 1 is 1.57 bits per heavy atom. The van der Waals surface area contributed by atoms with Gasteiger partial charge in [0.1, 0.15) is 5.75 Å². The average molecular weight is 195 g/mol. The Morgan fingerprint density at radius 2 is 2.29 bits per heavy atom. The highest BCUT2D eigenvalue weighted by Gasteiger charge is 2.01. The number of carbonyl (C=O) groups is 1. The molecule has 1 aromatic carbocycles. The Hall–Kier alpha value is -1.71. The summed E-state index contributed by atoms with van der Waals surface area (Å²) in [5.41, 5.74) is 1.96. The molecule has 0 fully saturated rings. The van der Waals surface area contributed by atoms with Gasteiger partial charge in [-0.3, -0.25) is 0 Å². The maximum atomic E-state index is 10.3. The molecule has 76 valence electrons. The van der Waals surface area contributed by atoms with Crippen molar-refractivity contribution in [1.29, 1.82) is 0 Å². The molecular formula is C10H13NO3. The molecule has 0 atom stereocenters. The molecule has 4 nitrogen and oxygen atoms in total. The van der Waals surface area contributed by atoms with Crippen LogP contribution in [0.25, 0.3) is 0 Å². The molecule has 1 aromatic rings. The molecule has 0 aliphatic rings. The standard InChI is InChI=1S/C10H13NO3/c1-7-5-9(14-2)4-3-8(7)6-11-10(12)13/h3-5,11H,6H2,1-2H3,(H,12,13). The number of methoxy groups -OCH3 is 1. The van der Waals surface area contributed by atoms with Gasteiger partial charge in [0, 0.05) is 6.54 Å². The first-order chi connectivity index (χ1) is 6.63. The van der Waals surface area contributed by atoms with Gasteiger partial charge in [-0.1, -0.05) is 6.07 Å². The molecule has 2 N–H and O–H groups in total. The van der Waals surface area contributed by atoms with Crippen LogP contribution in [0.4, 0.5) is 4.79 Å². The molecule has 14 heavy (non-hydrogen) atoms. The van der Waals surface area contributed by atoms with E-state index in [1.54, 1.807) is 7.11 Å². The van der Waals surface area contributed by atoms with Gasteiger partial charge >= 0.3 is 6.09 Å². The molecule has 0 bridgehead atoms. The summed E-state index contributed by atoms with van der Waals surface area (Å²) in [6.07, 6.45) is -1.01. The third-order valence-corrected chi connectivity index (χ3v) is 1.98. The summed E-state index contributed by atoms with van der Waals surface area (Å²) < 4.78 is 5.04. The number of benzene rings is 1. The molecular weight excluding hydrogens is 182 g/mol. The zero-order valence-electron chi connectivity index (χ0n) is 8.20. The molecule has 0 saturated carbocycles. The van der Waals surface area contributed by atoms with E-state index in [2.05, 4.69) is 5.32 Å². The van der Waals surface area contributed by atoms with Gasteiger partial charge in [-0.2, -0.15) is 0 Å². The second-order valence-corrected chi connectivity index (χ2v) is 2.95. The summed E-state index contributed by atoms with van der Waals surface area (Å²) in [6, 6.07) is 5.54. The van der Waals surface area contributed by atoms with E-state index < -0.39 is 6.09 Å². The molecule has 0 aromatic heterocycles. The van der Waals surface area contributed by atoms with Crippen LogP contribution in [0.15, 0.2) is 18.2 Å².